The average molecular weight is 267 g/mol. The van der Waals surface area contributed by atoms with Gasteiger partial charge in [-0.25, -0.2) is 8.42 Å². The van der Waals surface area contributed by atoms with Gasteiger partial charge in [0.05, 0.1) is 15.3 Å². The Morgan fingerprint density at radius 2 is 1.72 bits per heavy atom. The summed E-state index contributed by atoms with van der Waals surface area (Å²) in [6.07, 6.45) is 0. The van der Waals surface area contributed by atoms with Gasteiger partial charge in [-0.1, -0.05) is 12.1 Å². The summed E-state index contributed by atoms with van der Waals surface area (Å²) in [7, 11) is -3.26. The fraction of sp³-hybridized carbons (Fsp3) is 0.571. The first kappa shape index (κ1) is 13.4. The normalized spacial score (nSPS) is 21.5. The quantitative estimate of drug-likeness (QED) is 0.725. The maximum Gasteiger partial charge on any atom is 0.187 e. The highest BCUT2D eigenvalue weighted by atomic mass is 32.2. The van der Waals surface area contributed by atoms with Gasteiger partial charge < -0.3 is 4.90 Å². The third-order valence-electron chi connectivity index (χ3n) is 3.52. The number of hydrogen-bond donors (Lipinski definition) is 0. The van der Waals surface area contributed by atoms with Gasteiger partial charge in [0, 0.05) is 12.1 Å². The lowest BCUT2D eigenvalue weighted by atomic mass is 10.0. The molecule has 1 aliphatic heterocycles. The Hall–Kier alpha value is -1.03. The van der Waals surface area contributed by atoms with Gasteiger partial charge in [-0.3, -0.25) is 0 Å². The summed E-state index contributed by atoms with van der Waals surface area (Å²) >= 11 is 0. The lowest BCUT2D eigenvalue weighted by Crippen LogP contribution is -2.55. The van der Waals surface area contributed by atoms with E-state index in [2.05, 4.69) is 25.7 Å². The van der Waals surface area contributed by atoms with Crippen molar-refractivity contribution in [3.05, 3.63) is 24.3 Å². The van der Waals surface area contributed by atoms with Crippen LogP contribution in [0.1, 0.15) is 34.6 Å². The maximum atomic E-state index is 12.6. The van der Waals surface area contributed by atoms with Crippen molar-refractivity contribution in [1.82, 2.24) is 0 Å². The highest BCUT2D eigenvalue weighted by Gasteiger charge is 2.45. The first-order valence-electron chi connectivity index (χ1n) is 6.19. The van der Waals surface area contributed by atoms with Gasteiger partial charge >= 0.3 is 0 Å². The van der Waals surface area contributed by atoms with Crippen LogP contribution in [0.15, 0.2) is 29.2 Å². The molecule has 0 aromatic heterocycles. The molecule has 0 saturated heterocycles. The summed E-state index contributed by atoms with van der Waals surface area (Å²) in [5, 5.41) is 0. The zero-order valence-electron chi connectivity index (χ0n) is 11.7. The van der Waals surface area contributed by atoms with Gasteiger partial charge in [-0.15, -0.1) is 0 Å². The zero-order chi connectivity index (χ0) is 13.8. The number of sulfone groups is 1. The highest BCUT2D eigenvalue weighted by molar-refractivity contribution is 7.93. The van der Waals surface area contributed by atoms with Crippen LogP contribution in [0, 0.1) is 0 Å². The predicted molar refractivity (Wildman–Crippen MR) is 74.8 cm³/mol. The van der Waals surface area contributed by atoms with Crippen LogP contribution in [-0.4, -0.2) is 25.2 Å². The summed E-state index contributed by atoms with van der Waals surface area (Å²) in [6, 6.07) is 7.29. The lowest BCUT2D eigenvalue weighted by Gasteiger charge is -2.46. The van der Waals surface area contributed by atoms with E-state index in [1.165, 1.54) is 0 Å². The molecule has 0 spiro atoms. The van der Waals surface area contributed by atoms with E-state index < -0.39 is 14.6 Å². The molecule has 0 radical (unpaired) electrons. The average Bonchev–Trinajstić information content (AvgIpc) is 2.23. The van der Waals surface area contributed by atoms with Crippen molar-refractivity contribution in [2.24, 2.45) is 0 Å². The largest absolute Gasteiger partial charge is 0.364 e. The Morgan fingerprint density at radius 1 is 1.17 bits per heavy atom. The Morgan fingerprint density at radius 3 is 2.28 bits per heavy atom. The first-order valence-corrected chi connectivity index (χ1v) is 7.67. The fourth-order valence-electron chi connectivity index (χ4n) is 2.35. The summed E-state index contributed by atoms with van der Waals surface area (Å²) in [4.78, 5) is 2.64. The van der Waals surface area contributed by atoms with E-state index in [-0.39, 0.29) is 5.54 Å². The van der Waals surface area contributed by atoms with E-state index in [1.807, 2.05) is 12.1 Å². The molecule has 1 aromatic carbocycles. The molecule has 0 saturated carbocycles. The van der Waals surface area contributed by atoms with Crippen LogP contribution in [0.4, 0.5) is 5.69 Å². The van der Waals surface area contributed by atoms with E-state index >= 15 is 0 Å². The molecule has 100 valence electrons. The van der Waals surface area contributed by atoms with Crippen LogP contribution in [0.25, 0.3) is 0 Å². The number of hydrogen-bond acceptors (Lipinski definition) is 3. The maximum absolute atomic E-state index is 12.6. The Bertz CT molecular complexity index is 568. The van der Waals surface area contributed by atoms with E-state index in [0.29, 0.717) is 11.4 Å². The van der Waals surface area contributed by atoms with Crippen molar-refractivity contribution in [3.63, 3.8) is 0 Å². The molecule has 18 heavy (non-hydrogen) atoms. The first-order chi connectivity index (χ1) is 8.07. The second-order valence-corrected chi connectivity index (χ2v) is 9.04. The minimum Gasteiger partial charge on any atom is -0.364 e. The molecule has 0 amide bonds. The number of rotatable bonds is 0. The molecule has 1 aromatic rings. The molecular formula is C14H21NO2S. The van der Waals surface area contributed by atoms with Crippen molar-refractivity contribution < 1.29 is 8.42 Å². The van der Waals surface area contributed by atoms with Crippen LogP contribution < -0.4 is 4.90 Å². The predicted octanol–water partition coefficient (Wildman–Crippen LogP) is 2.86. The van der Waals surface area contributed by atoms with E-state index in [9.17, 15) is 8.42 Å². The number of anilines is 1. The molecule has 1 aliphatic rings. The molecule has 2 rings (SSSR count). The van der Waals surface area contributed by atoms with Crippen LogP contribution >= 0.6 is 0 Å². The van der Waals surface area contributed by atoms with Gasteiger partial charge in [0.15, 0.2) is 9.84 Å². The molecule has 0 aliphatic carbocycles. The van der Waals surface area contributed by atoms with Crippen LogP contribution in [-0.2, 0) is 9.84 Å². The smallest absolute Gasteiger partial charge is 0.187 e. The van der Waals surface area contributed by atoms with Crippen molar-refractivity contribution >= 4 is 15.5 Å². The second kappa shape index (κ2) is 3.73. The molecule has 4 heteroatoms. The monoisotopic (exact) mass is 267 g/mol. The minimum absolute atomic E-state index is 0.0939. The van der Waals surface area contributed by atoms with Crippen LogP contribution in [0.3, 0.4) is 0 Å². The summed E-state index contributed by atoms with van der Waals surface area (Å²) < 4.78 is 24.4. The third kappa shape index (κ3) is 1.83. The summed E-state index contributed by atoms with van der Waals surface area (Å²) in [6.45, 7) is 10.5. The molecule has 0 atom stereocenters. The molecule has 0 bridgehead atoms. The second-order valence-electron chi connectivity index (χ2n) is 6.49. The number of fused-ring (bicyclic) bond motifs is 1. The van der Waals surface area contributed by atoms with Gasteiger partial charge in [-0.2, -0.15) is 0 Å². The van der Waals surface area contributed by atoms with Gasteiger partial charge in [-0.05, 0) is 46.8 Å². The van der Waals surface area contributed by atoms with E-state index in [4.69, 9.17) is 0 Å². The lowest BCUT2D eigenvalue weighted by molar-refractivity contribution is 0.448. The molecule has 1 heterocycles. The molecule has 0 unspecified atom stereocenters. The summed E-state index contributed by atoms with van der Waals surface area (Å²) in [5.41, 5.74) is 0.730. The number of nitrogens with zero attached hydrogens (tertiary/aromatic N) is 1. The van der Waals surface area contributed by atoms with Gasteiger partial charge in [0.1, 0.15) is 0 Å². The minimum atomic E-state index is -3.26. The van der Waals surface area contributed by atoms with Crippen molar-refractivity contribution in [3.8, 4) is 0 Å². The fourth-order valence-corrected chi connectivity index (χ4v) is 3.96. The summed E-state index contributed by atoms with van der Waals surface area (Å²) in [5.74, 6) is 0. The van der Waals surface area contributed by atoms with E-state index in [1.54, 1.807) is 26.0 Å². The number of para-hydroxylation sites is 1. The van der Waals surface area contributed by atoms with Gasteiger partial charge in [0.2, 0.25) is 0 Å². The van der Waals surface area contributed by atoms with Crippen LogP contribution in [0.2, 0.25) is 0 Å². The zero-order valence-corrected chi connectivity index (χ0v) is 12.5. The van der Waals surface area contributed by atoms with Crippen LogP contribution in [0.5, 0.6) is 0 Å². The standard InChI is InChI=1S/C14H21NO2S/c1-13(2,3)15-10-14(4,5)18(16,17)12-9-7-6-8-11(12)15/h6-9H,10H2,1-5H3. The van der Waals surface area contributed by atoms with E-state index in [0.717, 1.165) is 5.69 Å². The Labute approximate surface area is 110 Å². The highest BCUT2D eigenvalue weighted by Crippen LogP contribution is 2.41. The molecule has 0 N–H and O–H groups in total. The molecule has 0 fully saturated rings. The molecular weight excluding hydrogens is 246 g/mol. The van der Waals surface area contributed by atoms with Crippen molar-refractivity contribution in [1.29, 1.82) is 0 Å². The molecule has 3 nitrogen and oxygen atoms in total. The third-order valence-corrected chi connectivity index (χ3v) is 6.03. The Kier molecular flexibility index (Phi) is 2.78. The Balaban J connectivity index is 2.73. The SMILES string of the molecule is CC(C)(C)N1CC(C)(C)S(=O)(=O)c2ccccc21. The van der Waals surface area contributed by atoms with Crippen molar-refractivity contribution in [2.75, 3.05) is 11.4 Å². The van der Waals surface area contributed by atoms with Gasteiger partial charge in [0.25, 0.3) is 0 Å². The van der Waals surface area contributed by atoms with Crippen molar-refractivity contribution in [2.45, 2.75) is 49.8 Å². The topological polar surface area (TPSA) is 37.4 Å². The number of benzene rings is 1.